The first kappa shape index (κ1) is 26.6. The number of hydrogen-bond acceptors (Lipinski definition) is 7. The molecule has 2 aliphatic rings. The molecular weight excluding hydrogens is 528 g/mol. The van der Waals surface area contributed by atoms with Crippen LogP contribution >= 0.6 is 0 Å². The fraction of sp³-hybridized carbons (Fsp3) is 0.429. The molecule has 1 aromatic carbocycles. The molecule has 0 bridgehead atoms. The highest BCUT2D eigenvalue weighted by molar-refractivity contribution is 7.89. The van der Waals surface area contributed by atoms with Crippen LogP contribution < -0.4 is 5.32 Å². The van der Waals surface area contributed by atoms with Gasteiger partial charge in [0.25, 0.3) is 5.91 Å². The minimum absolute atomic E-state index is 0.243. The van der Waals surface area contributed by atoms with E-state index in [4.69, 9.17) is 5.10 Å². The highest BCUT2D eigenvalue weighted by atomic mass is 32.2. The number of aromatic nitrogens is 5. The summed E-state index contributed by atoms with van der Waals surface area (Å²) < 4.78 is 29.8. The van der Waals surface area contributed by atoms with E-state index in [9.17, 15) is 13.2 Å². The van der Waals surface area contributed by atoms with Crippen LogP contribution in [0.4, 0.5) is 5.82 Å². The zero-order valence-electron chi connectivity index (χ0n) is 22.9. The highest BCUT2D eigenvalue weighted by Gasteiger charge is 2.41. The van der Waals surface area contributed by atoms with Crippen molar-refractivity contribution in [3.63, 3.8) is 0 Å². The van der Waals surface area contributed by atoms with Gasteiger partial charge in [-0.25, -0.2) is 22.6 Å². The predicted octanol–water partition coefficient (Wildman–Crippen LogP) is 3.08. The summed E-state index contributed by atoms with van der Waals surface area (Å²) in [5.41, 5.74) is 3.82. The summed E-state index contributed by atoms with van der Waals surface area (Å²) in [5.74, 6) is 0.539. The smallest absolute Gasteiger partial charge is 0.262 e. The summed E-state index contributed by atoms with van der Waals surface area (Å²) in [5, 5.41) is 11.9. The van der Waals surface area contributed by atoms with Crippen LogP contribution in [-0.4, -0.2) is 85.4 Å². The lowest BCUT2D eigenvalue weighted by Gasteiger charge is -2.47. The molecule has 2 aliphatic heterocycles. The maximum absolute atomic E-state index is 13.3. The van der Waals surface area contributed by atoms with Crippen LogP contribution in [0.3, 0.4) is 0 Å². The Hall–Kier alpha value is -3.61. The molecule has 0 aliphatic carbocycles. The minimum atomic E-state index is -3.18. The molecule has 4 aromatic rings. The van der Waals surface area contributed by atoms with E-state index < -0.39 is 10.0 Å². The van der Waals surface area contributed by atoms with Crippen molar-refractivity contribution in [2.24, 2.45) is 0 Å². The molecule has 1 N–H and O–H groups in total. The molecular formula is C28H34N8O3S. The second kappa shape index (κ2) is 10.4. The van der Waals surface area contributed by atoms with E-state index in [1.807, 2.05) is 37.3 Å². The molecule has 40 heavy (non-hydrogen) atoms. The van der Waals surface area contributed by atoms with Gasteiger partial charge in [-0.1, -0.05) is 17.7 Å². The topological polar surface area (TPSA) is 118 Å². The molecule has 11 nitrogen and oxygen atoms in total. The van der Waals surface area contributed by atoms with Gasteiger partial charge in [0.1, 0.15) is 11.4 Å². The molecule has 6 rings (SSSR count). The van der Waals surface area contributed by atoms with E-state index in [-0.39, 0.29) is 23.1 Å². The van der Waals surface area contributed by atoms with Crippen LogP contribution in [0.5, 0.6) is 0 Å². The maximum Gasteiger partial charge on any atom is 0.262 e. The van der Waals surface area contributed by atoms with Crippen LogP contribution in [0.25, 0.3) is 11.3 Å². The van der Waals surface area contributed by atoms with Crippen molar-refractivity contribution in [2.75, 3.05) is 31.5 Å². The Balaban J connectivity index is 1.19. The van der Waals surface area contributed by atoms with E-state index in [0.29, 0.717) is 30.1 Å². The zero-order valence-corrected chi connectivity index (χ0v) is 23.8. The van der Waals surface area contributed by atoms with Gasteiger partial charge < -0.3 is 5.32 Å². The molecule has 3 aromatic heterocycles. The van der Waals surface area contributed by atoms with Crippen molar-refractivity contribution in [3.05, 3.63) is 71.8 Å². The van der Waals surface area contributed by atoms with E-state index in [0.717, 1.165) is 42.9 Å². The number of aryl methyl sites for hydroxylation is 1. The van der Waals surface area contributed by atoms with Crippen LogP contribution in [0.1, 0.15) is 54.2 Å². The van der Waals surface area contributed by atoms with E-state index in [2.05, 4.69) is 20.3 Å². The molecule has 0 saturated carbocycles. The first-order valence-electron chi connectivity index (χ1n) is 13.7. The van der Waals surface area contributed by atoms with Crippen molar-refractivity contribution in [2.45, 2.75) is 50.8 Å². The summed E-state index contributed by atoms with van der Waals surface area (Å²) in [6, 6.07) is 12.0. The molecule has 2 fully saturated rings. The van der Waals surface area contributed by atoms with Gasteiger partial charge in [-0.3, -0.25) is 9.69 Å². The number of rotatable bonds is 7. The molecule has 5 heterocycles. The lowest BCUT2D eigenvalue weighted by molar-refractivity contribution is 0.0656. The van der Waals surface area contributed by atoms with E-state index in [1.54, 1.807) is 45.8 Å². The van der Waals surface area contributed by atoms with Gasteiger partial charge in [-0.05, 0) is 64.9 Å². The van der Waals surface area contributed by atoms with Crippen LogP contribution in [-0.2, 0) is 10.0 Å². The summed E-state index contributed by atoms with van der Waals surface area (Å²) >= 11 is 0. The third kappa shape index (κ3) is 4.91. The second-order valence-electron chi connectivity index (χ2n) is 11.0. The summed E-state index contributed by atoms with van der Waals surface area (Å²) in [4.78, 5) is 20.0. The molecule has 0 atom stereocenters. The lowest BCUT2D eigenvalue weighted by atomic mass is 9.92. The Labute approximate surface area is 233 Å². The Morgan fingerprint density at radius 2 is 1.82 bits per heavy atom. The number of amides is 1. The summed E-state index contributed by atoms with van der Waals surface area (Å²) in [6.07, 6.45) is 6.76. The fourth-order valence-electron chi connectivity index (χ4n) is 5.46. The van der Waals surface area contributed by atoms with Crippen molar-refractivity contribution in [3.8, 4) is 5.69 Å². The Kier molecular flexibility index (Phi) is 6.93. The quantitative estimate of drug-likeness (QED) is 0.368. The average Bonchev–Trinajstić information content (AvgIpc) is 3.53. The maximum atomic E-state index is 13.3. The summed E-state index contributed by atoms with van der Waals surface area (Å²) in [6.45, 7) is 8.41. The van der Waals surface area contributed by atoms with Gasteiger partial charge >= 0.3 is 0 Å². The third-order valence-electron chi connectivity index (χ3n) is 8.02. The van der Waals surface area contributed by atoms with E-state index >= 15 is 0 Å². The molecule has 12 heteroatoms. The molecule has 0 spiro atoms. The molecule has 0 unspecified atom stereocenters. The highest BCUT2D eigenvalue weighted by Crippen LogP contribution is 2.33. The molecule has 210 valence electrons. The van der Waals surface area contributed by atoms with Gasteiger partial charge in [0.2, 0.25) is 10.0 Å². The van der Waals surface area contributed by atoms with Gasteiger partial charge in [0, 0.05) is 43.5 Å². The van der Waals surface area contributed by atoms with Gasteiger partial charge in [-0.2, -0.15) is 14.5 Å². The number of sulfonamides is 1. The number of carbonyl (C=O) groups excluding carboxylic acids is 1. The average molecular weight is 563 g/mol. The molecule has 1 amide bonds. The SMILES string of the molecule is Cc1ccc(-n2nc(C3CCN(C4CN(S(=O)(=O)C(C)C)C4)CC3)cc2NC(=O)c2cnn3cccnc23)cc1. The van der Waals surface area contributed by atoms with Crippen molar-refractivity contribution < 1.29 is 13.2 Å². The van der Waals surface area contributed by atoms with Crippen molar-refractivity contribution in [1.29, 1.82) is 0 Å². The van der Waals surface area contributed by atoms with Crippen molar-refractivity contribution in [1.82, 2.24) is 33.6 Å². The third-order valence-corrected chi connectivity index (χ3v) is 10.2. The number of fused-ring (bicyclic) bond motifs is 1. The van der Waals surface area contributed by atoms with Gasteiger partial charge in [0.05, 0.1) is 22.8 Å². The Morgan fingerprint density at radius 1 is 1.10 bits per heavy atom. The van der Waals surface area contributed by atoms with Crippen LogP contribution in [0.2, 0.25) is 0 Å². The zero-order chi connectivity index (χ0) is 28.0. The van der Waals surface area contributed by atoms with Crippen LogP contribution in [0, 0.1) is 6.92 Å². The number of nitrogens with zero attached hydrogens (tertiary/aromatic N) is 7. The largest absolute Gasteiger partial charge is 0.306 e. The standard InChI is InChI=1S/C28H34N8O3S/c1-19(2)40(38,39)34-17-23(18-34)33-13-9-21(10-14-33)25-15-26(36(32-25)22-7-5-20(3)6-8-22)31-28(37)24-16-30-35-12-4-11-29-27(24)35/h4-8,11-12,15-16,19,21,23H,9-10,13-14,17-18H2,1-3H3,(H,31,37). The first-order chi connectivity index (χ1) is 19.2. The minimum Gasteiger partial charge on any atom is -0.306 e. The van der Waals surface area contributed by atoms with E-state index in [1.165, 1.54) is 6.20 Å². The number of anilines is 1. The fourth-order valence-corrected chi connectivity index (χ4v) is 6.81. The Morgan fingerprint density at radius 3 is 2.52 bits per heavy atom. The Bertz CT molecular complexity index is 1630. The number of hydrogen-bond donors (Lipinski definition) is 1. The number of piperidine rings is 1. The van der Waals surface area contributed by atoms with Crippen LogP contribution in [0.15, 0.2) is 55.0 Å². The number of carbonyl (C=O) groups is 1. The van der Waals surface area contributed by atoms with Crippen molar-refractivity contribution >= 4 is 27.4 Å². The lowest BCUT2D eigenvalue weighted by Crippen LogP contribution is -2.62. The summed E-state index contributed by atoms with van der Waals surface area (Å²) in [7, 11) is -3.18. The molecule has 2 saturated heterocycles. The number of nitrogens with one attached hydrogen (secondary N) is 1. The second-order valence-corrected chi connectivity index (χ2v) is 13.5. The first-order valence-corrected chi connectivity index (χ1v) is 15.2. The monoisotopic (exact) mass is 562 g/mol. The number of benzene rings is 1. The predicted molar refractivity (Wildman–Crippen MR) is 152 cm³/mol. The normalized spacial score (nSPS) is 17.9. The van der Waals surface area contributed by atoms with Gasteiger partial charge in [-0.15, -0.1) is 0 Å². The number of likely N-dealkylation sites (tertiary alicyclic amines) is 1. The van der Waals surface area contributed by atoms with Gasteiger partial charge in [0.15, 0.2) is 5.65 Å². The molecule has 0 radical (unpaired) electrons.